The first-order valence-electron chi connectivity index (χ1n) is 4.36. The molecular weight excluding hydrogens is 295 g/mol. The fraction of sp³-hybridized carbons (Fsp3) is 0.222. The molecule has 106 valence electrons. The van der Waals surface area contributed by atoms with E-state index in [0.29, 0.717) is 5.56 Å². The first-order valence-corrected chi connectivity index (χ1v) is 5.91. The number of halogens is 5. The Bertz CT molecular complexity index is 545. The van der Waals surface area contributed by atoms with Gasteiger partial charge in [0.1, 0.15) is 0 Å². The number of rotatable bonds is 1. The smallest absolute Gasteiger partial charge is 0.225 e. The van der Waals surface area contributed by atoms with E-state index in [9.17, 15) is 30.4 Å². The van der Waals surface area contributed by atoms with Crippen LogP contribution >= 0.6 is 0 Å². The molecule has 0 saturated carbocycles. The second-order valence-electron chi connectivity index (χ2n) is 3.02. The number of nitriles is 1. The van der Waals surface area contributed by atoms with Crippen molar-refractivity contribution in [2.75, 3.05) is 0 Å². The second kappa shape index (κ2) is 6.44. The van der Waals surface area contributed by atoms with Crippen LogP contribution in [0.15, 0.2) is 29.2 Å². The average Bonchev–Trinajstić information content (AvgIpc) is 2.27. The third-order valence-electron chi connectivity index (χ3n) is 1.56. The van der Waals surface area contributed by atoms with Crippen LogP contribution in [0.3, 0.4) is 0 Å². The molecule has 0 spiro atoms. The summed E-state index contributed by atoms with van der Waals surface area (Å²) in [5, 5.41) is 13.2. The lowest BCUT2D eigenvalue weighted by Crippen LogP contribution is -2.18. The SMILES string of the molecule is FC(F)C(F)(F)F.N#Cc1ccc(S(N)(=O)=O)cc1. The number of nitrogens with zero attached hydrogens (tertiary/aromatic N) is 1. The van der Waals surface area contributed by atoms with E-state index < -0.39 is 22.6 Å². The lowest BCUT2D eigenvalue weighted by atomic mass is 10.2. The largest absolute Gasteiger partial charge is 0.450 e. The third kappa shape index (κ3) is 6.68. The van der Waals surface area contributed by atoms with Crippen molar-refractivity contribution in [2.45, 2.75) is 17.5 Å². The fourth-order valence-electron chi connectivity index (χ4n) is 0.719. The zero-order chi connectivity index (χ0) is 15.3. The number of hydrogen-bond donors (Lipinski definition) is 1. The van der Waals surface area contributed by atoms with Crippen LogP contribution in [0.25, 0.3) is 0 Å². The molecule has 1 aromatic rings. The molecule has 0 aliphatic rings. The number of primary sulfonamides is 1. The summed E-state index contributed by atoms with van der Waals surface area (Å²) in [5.74, 6) is 0. The van der Waals surface area contributed by atoms with Gasteiger partial charge in [-0.1, -0.05) is 0 Å². The molecule has 0 radical (unpaired) electrons. The molecular formula is C9H7F5N2O2S. The van der Waals surface area contributed by atoms with Crippen LogP contribution in [0, 0.1) is 11.3 Å². The number of benzene rings is 1. The Morgan fingerprint density at radius 2 is 1.53 bits per heavy atom. The standard InChI is InChI=1S/C7H6N2O2S.C2HF5/c8-5-6-1-3-7(4-2-6)12(9,10)11;3-1(4)2(5,6)7/h1-4H,(H2,9,10,11);1H. The third-order valence-corrected chi connectivity index (χ3v) is 2.49. The van der Waals surface area contributed by atoms with Gasteiger partial charge in [-0.2, -0.15) is 18.4 Å². The van der Waals surface area contributed by atoms with Crippen LogP contribution in [-0.4, -0.2) is 21.0 Å². The summed E-state index contributed by atoms with van der Waals surface area (Å²) in [6, 6.07) is 7.27. The van der Waals surface area contributed by atoms with Gasteiger partial charge in [-0.15, -0.1) is 0 Å². The highest BCUT2D eigenvalue weighted by molar-refractivity contribution is 7.89. The molecule has 0 saturated heterocycles. The van der Waals surface area contributed by atoms with Gasteiger partial charge >= 0.3 is 12.6 Å². The van der Waals surface area contributed by atoms with Gasteiger partial charge in [0, 0.05) is 0 Å². The van der Waals surface area contributed by atoms with E-state index in [1.807, 2.05) is 6.07 Å². The van der Waals surface area contributed by atoms with Crippen LogP contribution in [0.1, 0.15) is 5.56 Å². The van der Waals surface area contributed by atoms with Crippen molar-refractivity contribution in [3.05, 3.63) is 29.8 Å². The van der Waals surface area contributed by atoms with Crippen molar-refractivity contribution in [1.82, 2.24) is 0 Å². The van der Waals surface area contributed by atoms with Gasteiger partial charge in [-0.25, -0.2) is 22.3 Å². The Hall–Kier alpha value is -1.73. The first-order chi connectivity index (χ1) is 8.48. The van der Waals surface area contributed by atoms with E-state index in [2.05, 4.69) is 0 Å². The molecule has 4 nitrogen and oxygen atoms in total. The van der Waals surface area contributed by atoms with Gasteiger partial charge in [-0.05, 0) is 24.3 Å². The molecule has 1 rings (SSSR count). The van der Waals surface area contributed by atoms with Crippen LogP contribution in [0.2, 0.25) is 0 Å². The number of nitrogens with two attached hydrogens (primary N) is 1. The molecule has 0 aliphatic heterocycles. The van der Waals surface area contributed by atoms with Crippen LogP contribution in [0.5, 0.6) is 0 Å². The highest BCUT2D eigenvalue weighted by Crippen LogP contribution is 2.22. The Balaban J connectivity index is 0.000000399. The fourth-order valence-corrected chi connectivity index (χ4v) is 1.23. The molecule has 1 aromatic carbocycles. The minimum Gasteiger partial charge on any atom is -0.225 e. The summed E-state index contributed by atoms with van der Waals surface area (Å²) in [4.78, 5) is 0.0153. The van der Waals surface area contributed by atoms with E-state index in [4.69, 9.17) is 10.4 Å². The molecule has 0 atom stereocenters. The molecule has 10 heteroatoms. The van der Waals surface area contributed by atoms with Crippen LogP contribution in [-0.2, 0) is 10.0 Å². The lowest BCUT2D eigenvalue weighted by Gasteiger charge is -2.00. The number of hydrogen-bond acceptors (Lipinski definition) is 3. The maximum Gasteiger partial charge on any atom is 0.450 e. The van der Waals surface area contributed by atoms with E-state index in [-0.39, 0.29) is 4.90 Å². The molecule has 19 heavy (non-hydrogen) atoms. The Morgan fingerprint density at radius 1 is 1.16 bits per heavy atom. The molecule has 0 aromatic heterocycles. The highest BCUT2D eigenvalue weighted by atomic mass is 32.2. The summed E-state index contributed by atoms with van der Waals surface area (Å²) in [7, 11) is -3.64. The van der Waals surface area contributed by atoms with Gasteiger partial charge in [-0.3, -0.25) is 0 Å². The molecule has 2 N–H and O–H groups in total. The number of sulfonamides is 1. The zero-order valence-corrected chi connectivity index (χ0v) is 9.84. The van der Waals surface area contributed by atoms with Gasteiger partial charge in [0.25, 0.3) is 0 Å². The summed E-state index contributed by atoms with van der Waals surface area (Å²) < 4.78 is 73.6. The van der Waals surface area contributed by atoms with E-state index in [1.54, 1.807) is 0 Å². The predicted octanol–water partition coefficient (Wildman–Crippen LogP) is 2.02. The Morgan fingerprint density at radius 3 is 1.74 bits per heavy atom. The Kier molecular flexibility index (Phi) is 5.85. The molecule has 0 amide bonds. The van der Waals surface area contributed by atoms with Crippen LogP contribution < -0.4 is 5.14 Å². The van der Waals surface area contributed by atoms with Crippen molar-refractivity contribution in [2.24, 2.45) is 5.14 Å². The predicted molar refractivity (Wildman–Crippen MR) is 54.6 cm³/mol. The van der Waals surface area contributed by atoms with Crippen molar-refractivity contribution >= 4 is 10.0 Å². The van der Waals surface area contributed by atoms with E-state index in [0.717, 1.165) is 0 Å². The molecule has 0 unspecified atom stereocenters. The van der Waals surface area contributed by atoms with Crippen molar-refractivity contribution in [3.63, 3.8) is 0 Å². The minimum absolute atomic E-state index is 0.0153. The molecule has 0 heterocycles. The monoisotopic (exact) mass is 302 g/mol. The number of alkyl halides is 5. The summed E-state index contributed by atoms with van der Waals surface area (Å²) in [6.45, 7) is 0. The lowest BCUT2D eigenvalue weighted by molar-refractivity contribution is -0.219. The maximum atomic E-state index is 10.7. The molecule has 0 bridgehead atoms. The van der Waals surface area contributed by atoms with Gasteiger partial charge in [0.2, 0.25) is 10.0 Å². The van der Waals surface area contributed by atoms with Crippen molar-refractivity contribution < 1.29 is 30.4 Å². The summed E-state index contributed by atoms with van der Waals surface area (Å²) in [6.07, 6.45) is -9.53. The van der Waals surface area contributed by atoms with Crippen molar-refractivity contribution in [1.29, 1.82) is 5.26 Å². The van der Waals surface area contributed by atoms with Crippen LogP contribution in [0.4, 0.5) is 22.0 Å². The van der Waals surface area contributed by atoms with Gasteiger partial charge < -0.3 is 0 Å². The first kappa shape index (κ1) is 17.3. The second-order valence-corrected chi connectivity index (χ2v) is 4.58. The minimum atomic E-state index is -5.33. The van der Waals surface area contributed by atoms with Gasteiger partial charge in [0.15, 0.2) is 0 Å². The van der Waals surface area contributed by atoms with Gasteiger partial charge in [0.05, 0.1) is 16.5 Å². The summed E-state index contributed by atoms with van der Waals surface area (Å²) in [5.41, 5.74) is 0.405. The topological polar surface area (TPSA) is 83.9 Å². The molecule has 0 aliphatic carbocycles. The molecule has 0 fully saturated rings. The van der Waals surface area contributed by atoms with E-state index >= 15 is 0 Å². The quantitative estimate of drug-likeness (QED) is 0.805. The highest BCUT2D eigenvalue weighted by Gasteiger charge is 2.40. The normalized spacial score (nSPS) is 11.5. The summed E-state index contributed by atoms with van der Waals surface area (Å²) >= 11 is 0. The Labute approximate surface area is 105 Å². The maximum absolute atomic E-state index is 10.7. The van der Waals surface area contributed by atoms with Crippen molar-refractivity contribution in [3.8, 4) is 6.07 Å². The van der Waals surface area contributed by atoms with E-state index in [1.165, 1.54) is 24.3 Å². The average molecular weight is 302 g/mol. The zero-order valence-electron chi connectivity index (χ0n) is 9.03.